The third-order valence-electron chi connectivity index (χ3n) is 3.34. The lowest BCUT2D eigenvalue weighted by molar-refractivity contribution is 0.120. The lowest BCUT2D eigenvalue weighted by Crippen LogP contribution is -2.19. The Bertz CT molecular complexity index is 579. The zero-order chi connectivity index (χ0) is 13.4. The number of hydrogen-bond acceptors (Lipinski definition) is 3. The number of aliphatic hydroxyl groups excluding tert-OH is 1. The van der Waals surface area contributed by atoms with Crippen molar-refractivity contribution in [3.8, 4) is 5.75 Å². The fourth-order valence-electron chi connectivity index (χ4n) is 2.40. The molecule has 2 nitrogen and oxygen atoms in total. The molecule has 0 saturated heterocycles. The van der Waals surface area contributed by atoms with E-state index in [0.29, 0.717) is 11.6 Å². The number of aliphatic hydroxyl groups is 1. The molecular formula is C14H12BrClO2S. The molecule has 2 aromatic rings. The quantitative estimate of drug-likeness (QED) is 0.837. The molecule has 0 spiro atoms. The van der Waals surface area contributed by atoms with Gasteiger partial charge in [-0.25, -0.2) is 0 Å². The minimum absolute atomic E-state index is 0.0616. The zero-order valence-corrected chi connectivity index (χ0v) is 13.1. The summed E-state index contributed by atoms with van der Waals surface area (Å²) in [7, 11) is 0. The minimum atomic E-state index is -0.543. The van der Waals surface area contributed by atoms with E-state index in [1.807, 2.05) is 30.3 Å². The van der Waals surface area contributed by atoms with Gasteiger partial charge in [-0.2, -0.15) is 0 Å². The van der Waals surface area contributed by atoms with Gasteiger partial charge >= 0.3 is 0 Å². The van der Waals surface area contributed by atoms with Crippen molar-refractivity contribution in [3.05, 3.63) is 49.6 Å². The first-order valence-corrected chi connectivity index (χ1v) is 8.00. The van der Waals surface area contributed by atoms with Gasteiger partial charge in [0.2, 0.25) is 0 Å². The van der Waals surface area contributed by atoms with Gasteiger partial charge in [-0.1, -0.05) is 29.8 Å². The molecule has 2 heterocycles. The largest absolute Gasteiger partial charge is 0.493 e. The molecule has 0 saturated carbocycles. The predicted octanol–water partition coefficient (Wildman–Crippen LogP) is 4.76. The normalized spacial score (nSPS) is 19.6. The van der Waals surface area contributed by atoms with Crippen molar-refractivity contribution in [2.75, 3.05) is 6.61 Å². The number of fused-ring (bicyclic) bond motifs is 1. The highest BCUT2D eigenvalue weighted by Crippen LogP contribution is 2.45. The van der Waals surface area contributed by atoms with Crippen LogP contribution in [-0.4, -0.2) is 11.7 Å². The van der Waals surface area contributed by atoms with Gasteiger partial charge in [0.25, 0.3) is 0 Å². The van der Waals surface area contributed by atoms with Crippen LogP contribution in [0.3, 0.4) is 0 Å². The molecule has 19 heavy (non-hydrogen) atoms. The van der Waals surface area contributed by atoms with Gasteiger partial charge in [-0.05, 0) is 34.5 Å². The van der Waals surface area contributed by atoms with Gasteiger partial charge in [0.15, 0.2) is 0 Å². The van der Waals surface area contributed by atoms with Crippen LogP contribution in [0, 0.1) is 0 Å². The molecule has 100 valence electrons. The topological polar surface area (TPSA) is 29.5 Å². The Labute approximate surface area is 129 Å². The number of para-hydroxylation sites is 1. The van der Waals surface area contributed by atoms with Crippen molar-refractivity contribution in [1.29, 1.82) is 0 Å². The van der Waals surface area contributed by atoms with Gasteiger partial charge in [-0.15, -0.1) is 11.3 Å². The fraction of sp³-hybridized carbons (Fsp3) is 0.286. The lowest BCUT2D eigenvalue weighted by Gasteiger charge is -2.29. The third-order valence-corrected chi connectivity index (χ3v) is 5.89. The highest BCUT2D eigenvalue weighted by Gasteiger charge is 2.29. The predicted molar refractivity (Wildman–Crippen MR) is 81.3 cm³/mol. The Morgan fingerprint density at radius 1 is 1.42 bits per heavy atom. The molecule has 2 atom stereocenters. The summed E-state index contributed by atoms with van der Waals surface area (Å²) in [6.45, 7) is 0.638. The molecule has 3 rings (SSSR count). The Hall–Kier alpha value is -0.550. The Balaban J connectivity index is 1.95. The number of hydrogen-bond donors (Lipinski definition) is 1. The smallest absolute Gasteiger partial charge is 0.122 e. The number of halogens is 2. The first kappa shape index (κ1) is 13.4. The third kappa shape index (κ3) is 2.55. The maximum Gasteiger partial charge on any atom is 0.122 e. The molecule has 1 aromatic heterocycles. The number of ether oxygens (including phenoxy) is 1. The van der Waals surface area contributed by atoms with E-state index in [9.17, 15) is 5.11 Å². The number of thiophene rings is 1. The number of rotatable bonds is 2. The molecular weight excluding hydrogens is 348 g/mol. The fourth-order valence-corrected chi connectivity index (χ4v) is 4.20. The zero-order valence-electron chi connectivity index (χ0n) is 9.98. The summed E-state index contributed by atoms with van der Waals surface area (Å²) in [6.07, 6.45) is 0.268. The van der Waals surface area contributed by atoms with E-state index in [-0.39, 0.29) is 5.92 Å². The van der Waals surface area contributed by atoms with Crippen molar-refractivity contribution >= 4 is 38.9 Å². The molecule has 1 aliphatic heterocycles. The Kier molecular flexibility index (Phi) is 3.85. The van der Waals surface area contributed by atoms with E-state index in [2.05, 4.69) is 15.9 Å². The standard InChI is InChI=1S/C14H12BrClO2S/c15-14-10(16)7-12(19-14)13(17)9-5-6-18-11-4-2-1-3-8(9)11/h1-4,7,9,13,17H,5-6H2. The molecule has 0 bridgehead atoms. The van der Waals surface area contributed by atoms with Crippen LogP contribution in [0.15, 0.2) is 34.1 Å². The highest BCUT2D eigenvalue weighted by molar-refractivity contribution is 9.11. The highest BCUT2D eigenvalue weighted by atomic mass is 79.9. The molecule has 0 aliphatic carbocycles. The second kappa shape index (κ2) is 5.44. The molecule has 1 aliphatic rings. The van der Waals surface area contributed by atoms with Crippen molar-refractivity contribution in [1.82, 2.24) is 0 Å². The maximum atomic E-state index is 10.6. The molecule has 2 unspecified atom stereocenters. The summed E-state index contributed by atoms with van der Waals surface area (Å²) in [5.41, 5.74) is 1.07. The maximum absolute atomic E-state index is 10.6. The van der Waals surface area contributed by atoms with E-state index < -0.39 is 6.10 Å². The van der Waals surface area contributed by atoms with Crippen LogP contribution in [0.1, 0.15) is 28.9 Å². The second-order valence-electron chi connectivity index (χ2n) is 4.50. The van der Waals surface area contributed by atoms with Crippen LogP contribution in [0.5, 0.6) is 5.75 Å². The molecule has 0 radical (unpaired) electrons. The van der Waals surface area contributed by atoms with Crippen LogP contribution in [0.25, 0.3) is 0 Å². The van der Waals surface area contributed by atoms with Gasteiger partial charge in [0.05, 0.1) is 21.5 Å². The summed E-state index contributed by atoms with van der Waals surface area (Å²) < 4.78 is 6.49. The molecule has 0 amide bonds. The Morgan fingerprint density at radius 3 is 2.95 bits per heavy atom. The minimum Gasteiger partial charge on any atom is -0.493 e. The van der Waals surface area contributed by atoms with Gasteiger partial charge in [0, 0.05) is 16.4 Å². The van der Waals surface area contributed by atoms with Crippen LogP contribution < -0.4 is 4.74 Å². The van der Waals surface area contributed by atoms with E-state index in [4.69, 9.17) is 16.3 Å². The molecule has 0 fully saturated rings. The van der Waals surface area contributed by atoms with E-state index in [0.717, 1.165) is 26.4 Å². The lowest BCUT2D eigenvalue weighted by atomic mass is 9.87. The van der Waals surface area contributed by atoms with Gasteiger partial charge in [0.1, 0.15) is 5.75 Å². The van der Waals surface area contributed by atoms with Crippen LogP contribution in [0.4, 0.5) is 0 Å². The Morgan fingerprint density at radius 2 is 2.21 bits per heavy atom. The monoisotopic (exact) mass is 358 g/mol. The van der Waals surface area contributed by atoms with Crippen molar-refractivity contribution in [3.63, 3.8) is 0 Å². The molecule has 1 aromatic carbocycles. The van der Waals surface area contributed by atoms with E-state index in [1.54, 1.807) is 0 Å². The second-order valence-corrected chi connectivity index (χ2v) is 7.31. The van der Waals surface area contributed by atoms with E-state index >= 15 is 0 Å². The van der Waals surface area contributed by atoms with Crippen molar-refractivity contribution < 1.29 is 9.84 Å². The van der Waals surface area contributed by atoms with Crippen molar-refractivity contribution in [2.24, 2.45) is 0 Å². The summed E-state index contributed by atoms with van der Waals surface area (Å²) in [5, 5.41) is 11.3. The van der Waals surface area contributed by atoms with Gasteiger partial charge < -0.3 is 9.84 Å². The average Bonchev–Trinajstić information content (AvgIpc) is 2.77. The van der Waals surface area contributed by atoms with Crippen molar-refractivity contribution in [2.45, 2.75) is 18.4 Å². The summed E-state index contributed by atoms with van der Waals surface area (Å²) in [5.74, 6) is 0.936. The van der Waals surface area contributed by atoms with Crippen LogP contribution in [0.2, 0.25) is 5.02 Å². The summed E-state index contributed by atoms with van der Waals surface area (Å²) in [4.78, 5) is 0.888. The first-order valence-electron chi connectivity index (χ1n) is 6.01. The van der Waals surface area contributed by atoms with Gasteiger partial charge in [-0.3, -0.25) is 0 Å². The van der Waals surface area contributed by atoms with Crippen LogP contribution >= 0.6 is 38.9 Å². The average molecular weight is 360 g/mol. The van der Waals surface area contributed by atoms with Crippen LogP contribution in [-0.2, 0) is 0 Å². The molecule has 5 heteroatoms. The SMILES string of the molecule is OC(c1cc(Cl)c(Br)s1)C1CCOc2ccccc21. The molecule has 1 N–H and O–H groups in total. The summed E-state index contributed by atoms with van der Waals surface area (Å²) >= 11 is 10.9. The first-order chi connectivity index (χ1) is 9.16. The van der Waals surface area contributed by atoms with E-state index in [1.165, 1.54) is 11.3 Å². The number of benzene rings is 1. The summed E-state index contributed by atoms with van der Waals surface area (Å²) in [6, 6.07) is 9.73.